The van der Waals surface area contributed by atoms with Gasteiger partial charge < -0.3 is 0 Å². The third-order valence-electron chi connectivity index (χ3n) is 4.46. The van der Waals surface area contributed by atoms with Crippen LogP contribution in [-0.2, 0) is 13.6 Å². The number of likely N-dealkylation sites (tertiary alicyclic amines) is 1. The number of rotatable bonds is 3. The fourth-order valence-corrected chi connectivity index (χ4v) is 3.40. The summed E-state index contributed by atoms with van der Waals surface area (Å²) < 4.78 is 3.42. The molecule has 4 heterocycles. The largest absolute Gasteiger partial charge is 0.290 e. The van der Waals surface area contributed by atoms with Crippen molar-refractivity contribution in [2.45, 2.75) is 25.4 Å². The Balaban J connectivity index is 1.63. The topological polar surface area (TPSA) is 55.4 Å². The molecule has 1 unspecified atom stereocenters. The standard InChI is InChI=1S/C17H19N5O/c1-20-11-13(10-18-20)15-5-4-7-21(15)12-14-9-17(23)22-8-3-2-6-16(22)19-14/h2-3,6,8-11,15H,4-5,7,12H2,1H3. The molecule has 3 aromatic heterocycles. The van der Waals surface area contributed by atoms with Crippen molar-refractivity contribution >= 4 is 5.65 Å². The summed E-state index contributed by atoms with van der Waals surface area (Å²) in [5, 5.41) is 4.28. The summed E-state index contributed by atoms with van der Waals surface area (Å²) >= 11 is 0. The van der Waals surface area contributed by atoms with Gasteiger partial charge in [-0.1, -0.05) is 6.07 Å². The summed E-state index contributed by atoms with van der Waals surface area (Å²) in [6, 6.07) is 7.62. The lowest BCUT2D eigenvalue weighted by molar-refractivity contribution is 0.245. The highest BCUT2D eigenvalue weighted by Crippen LogP contribution is 2.32. The summed E-state index contributed by atoms with van der Waals surface area (Å²) in [6.07, 6.45) is 8.05. The summed E-state index contributed by atoms with van der Waals surface area (Å²) in [7, 11) is 1.94. The van der Waals surface area contributed by atoms with E-state index in [2.05, 4.69) is 21.2 Å². The van der Waals surface area contributed by atoms with E-state index in [1.54, 1.807) is 16.7 Å². The zero-order valence-corrected chi connectivity index (χ0v) is 13.1. The second-order valence-electron chi connectivity index (χ2n) is 6.09. The van der Waals surface area contributed by atoms with Crippen molar-refractivity contribution in [3.8, 4) is 0 Å². The van der Waals surface area contributed by atoms with Crippen molar-refractivity contribution in [3.05, 3.63) is 64.5 Å². The maximum atomic E-state index is 12.2. The first-order valence-corrected chi connectivity index (χ1v) is 7.90. The van der Waals surface area contributed by atoms with Gasteiger partial charge >= 0.3 is 0 Å². The highest BCUT2D eigenvalue weighted by Gasteiger charge is 2.27. The van der Waals surface area contributed by atoms with E-state index >= 15 is 0 Å². The molecule has 1 saturated heterocycles. The fourth-order valence-electron chi connectivity index (χ4n) is 3.40. The lowest BCUT2D eigenvalue weighted by Crippen LogP contribution is -2.25. The van der Waals surface area contributed by atoms with Gasteiger partial charge in [0.05, 0.1) is 11.9 Å². The molecule has 118 valence electrons. The minimum atomic E-state index is -0.0253. The van der Waals surface area contributed by atoms with Gasteiger partial charge in [0, 0.05) is 43.7 Å². The van der Waals surface area contributed by atoms with Gasteiger partial charge in [-0.05, 0) is 31.5 Å². The van der Waals surface area contributed by atoms with Crippen LogP contribution in [0, 0.1) is 0 Å². The van der Waals surface area contributed by atoms with Gasteiger partial charge in [0.15, 0.2) is 0 Å². The van der Waals surface area contributed by atoms with E-state index in [-0.39, 0.29) is 5.56 Å². The molecule has 1 aliphatic heterocycles. The molecule has 0 saturated carbocycles. The van der Waals surface area contributed by atoms with Crippen LogP contribution in [0.3, 0.4) is 0 Å². The fraction of sp³-hybridized carbons (Fsp3) is 0.353. The number of aromatic nitrogens is 4. The molecular formula is C17H19N5O. The van der Waals surface area contributed by atoms with Crippen molar-refractivity contribution < 1.29 is 0 Å². The molecule has 6 nitrogen and oxygen atoms in total. The lowest BCUT2D eigenvalue weighted by atomic mass is 10.1. The van der Waals surface area contributed by atoms with Crippen molar-refractivity contribution in [2.24, 2.45) is 7.05 Å². The predicted octanol–water partition coefficient (Wildman–Crippen LogP) is 1.77. The van der Waals surface area contributed by atoms with E-state index in [0.29, 0.717) is 18.2 Å². The van der Waals surface area contributed by atoms with Crippen LogP contribution in [0.1, 0.15) is 30.1 Å². The molecular weight excluding hydrogens is 290 g/mol. The second-order valence-corrected chi connectivity index (χ2v) is 6.09. The average Bonchev–Trinajstić information content (AvgIpc) is 3.16. The molecule has 4 rings (SSSR count). The molecule has 1 fully saturated rings. The number of pyridine rings is 1. The van der Waals surface area contributed by atoms with Crippen molar-refractivity contribution in [1.82, 2.24) is 24.1 Å². The van der Waals surface area contributed by atoms with Crippen LogP contribution in [-0.4, -0.2) is 30.6 Å². The third-order valence-corrected chi connectivity index (χ3v) is 4.46. The molecule has 0 spiro atoms. The second kappa shape index (κ2) is 5.62. The Kier molecular flexibility index (Phi) is 3.46. The Labute approximate surface area is 134 Å². The third kappa shape index (κ3) is 2.66. The first kappa shape index (κ1) is 14.1. The van der Waals surface area contributed by atoms with Crippen molar-refractivity contribution in [1.29, 1.82) is 0 Å². The molecule has 0 aromatic carbocycles. The Bertz CT molecular complexity index is 897. The minimum Gasteiger partial charge on any atom is -0.290 e. The van der Waals surface area contributed by atoms with Crippen LogP contribution in [0.2, 0.25) is 0 Å². The van der Waals surface area contributed by atoms with E-state index in [0.717, 1.165) is 25.1 Å². The number of fused-ring (bicyclic) bond motifs is 1. The molecule has 3 aromatic rings. The normalized spacial score (nSPS) is 18.7. The molecule has 23 heavy (non-hydrogen) atoms. The van der Waals surface area contributed by atoms with E-state index in [1.807, 2.05) is 36.1 Å². The van der Waals surface area contributed by atoms with Crippen LogP contribution in [0.4, 0.5) is 0 Å². The lowest BCUT2D eigenvalue weighted by Gasteiger charge is -2.23. The van der Waals surface area contributed by atoms with Crippen LogP contribution >= 0.6 is 0 Å². The van der Waals surface area contributed by atoms with E-state index in [4.69, 9.17) is 0 Å². The Hall–Kier alpha value is -2.47. The maximum Gasteiger partial charge on any atom is 0.258 e. The van der Waals surface area contributed by atoms with Gasteiger partial charge in [0.1, 0.15) is 5.65 Å². The first-order valence-electron chi connectivity index (χ1n) is 7.90. The van der Waals surface area contributed by atoms with Gasteiger partial charge in [0.25, 0.3) is 5.56 Å². The molecule has 1 aliphatic rings. The summed E-state index contributed by atoms with van der Waals surface area (Å²) in [5.74, 6) is 0. The van der Waals surface area contributed by atoms with Gasteiger partial charge in [-0.15, -0.1) is 0 Å². The number of hydrogen-bond acceptors (Lipinski definition) is 4. The Morgan fingerprint density at radius 1 is 1.35 bits per heavy atom. The first-order chi connectivity index (χ1) is 11.2. The Morgan fingerprint density at radius 3 is 3.09 bits per heavy atom. The molecule has 0 aliphatic carbocycles. The van der Waals surface area contributed by atoms with Gasteiger partial charge in [0.2, 0.25) is 0 Å². The van der Waals surface area contributed by atoms with E-state index in [1.165, 1.54) is 5.56 Å². The summed E-state index contributed by atoms with van der Waals surface area (Å²) in [4.78, 5) is 19.2. The van der Waals surface area contributed by atoms with Crippen LogP contribution in [0.25, 0.3) is 5.65 Å². The summed E-state index contributed by atoms with van der Waals surface area (Å²) in [5.41, 5.74) is 2.74. The average molecular weight is 309 g/mol. The Morgan fingerprint density at radius 2 is 2.26 bits per heavy atom. The van der Waals surface area contributed by atoms with Crippen LogP contribution in [0.15, 0.2) is 47.7 Å². The highest BCUT2D eigenvalue weighted by molar-refractivity contribution is 5.38. The molecule has 0 radical (unpaired) electrons. The smallest absolute Gasteiger partial charge is 0.258 e. The molecule has 1 atom stereocenters. The van der Waals surface area contributed by atoms with Crippen molar-refractivity contribution in [2.75, 3.05) is 6.54 Å². The van der Waals surface area contributed by atoms with Gasteiger partial charge in [-0.25, -0.2) is 4.98 Å². The number of hydrogen-bond donors (Lipinski definition) is 0. The van der Waals surface area contributed by atoms with Crippen molar-refractivity contribution in [3.63, 3.8) is 0 Å². The minimum absolute atomic E-state index is 0.0253. The van der Waals surface area contributed by atoms with E-state index in [9.17, 15) is 4.79 Å². The SMILES string of the molecule is Cn1cc(C2CCCN2Cc2cc(=O)n3ccccc3n2)cn1. The molecule has 0 N–H and O–H groups in total. The van der Waals surface area contributed by atoms with Gasteiger partial charge in [-0.3, -0.25) is 18.8 Å². The molecule has 0 bridgehead atoms. The molecule has 6 heteroatoms. The number of aryl methyl sites for hydroxylation is 1. The van der Waals surface area contributed by atoms with Crippen LogP contribution < -0.4 is 5.56 Å². The molecule has 0 amide bonds. The van der Waals surface area contributed by atoms with E-state index < -0.39 is 0 Å². The predicted molar refractivity (Wildman–Crippen MR) is 87.1 cm³/mol. The monoisotopic (exact) mass is 309 g/mol. The van der Waals surface area contributed by atoms with Crippen LogP contribution in [0.5, 0.6) is 0 Å². The zero-order valence-electron chi connectivity index (χ0n) is 13.1. The zero-order chi connectivity index (χ0) is 15.8. The number of nitrogens with zero attached hydrogens (tertiary/aromatic N) is 5. The van der Waals surface area contributed by atoms with Gasteiger partial charge in [-0.2, -0.15) is 5.10 Å². The highest BCUT2D eigenvalue weighted by atomic mass is 16.1. The summed E-state index contributed by atoms with van der Waals surface area (Å²) in [6.45, 7) is 1.72. The quantitative estimate of drug-likeness (QED) is 0.740. The maximum absolute atomic E-state index is 12.2.